The van der Waals surface area contributed by atoms with Crippen molar-refractivity contribution in [3.05, 3.63) is 24.2 Å². The van der Waals surface area contributed by atoms with E-state index in [1.165, 1.54) is 7.11 Å². The summed E-state index contributed by atoms with van der Waals surface area (Å²) in [7, 11) is 1.43. The highest BCUT2D eigenvalue weighted by Crippen LogP contribution is 2.21. The van der Waals surface area contributed by atoms with Gasteiger partial charge in [-0.05, 0) is 31.5 Å². The van der Waals surface area contributed by atoms with E-state index in [1.807, 2.05) is 0 Å². The van der Waals surface area contributed by atoms with Crippen molar-refractivity contribution in [2.75, 3.05) is 20.2 Å². The van der Waals surface area contributed by atoms with Gasteiger partial charge in [0.25, 0.3) is 5.89 Å². The molecule has 2 aromatic rings. The van der Waals surface area contributed by atoms with Crippen molar-refractivity contribution in [2.24, 2.45) is 5.92 Å². The van der Waals surface area contributed by atoms with Crippen molar-refractivity contribution in [3.63, 3.8) is 0 Å². The summed E-state index contributed by atoms with van der Waals surface area (Å²) in [6.07, 6.45) is 3.39. The Morgan fingerprint density at radius 1 is 1.57 bits per heavy atom. The van der Waals surface area contributed by atoms with Crippen LogP contribution < -0.4 is 0 Å². The zero-order chi connectivity index (χ0) is 14.7. The summed E-state index contributed by atoms with van der Waals surface area (Å²) in [5.74, 6) is 1.30. The highest BCUT2D eigenvalue weighted by atomic mass is 16.5. The third-order valence-electron chi connectivity index (χ3n) is 3.61. The SMILES string of the molecule is COC(=O)[C@H]1CCCN(Cc2noc(-c3ccco3)n2)C1. The molecule has 0 aromatic carbocycles. The number of carbonyl (C=O) groups excluding carboxylic acids is 1. The van der Waals surface area contributed by atoms with Gasteiger partial charge in [0.1, 0.15) is 0 Å². The molecule has 1 atom stereocenters. The van der Waals surface area contributed by atoms with Gasteiger partial charge in [-0.25, -0.2) is 0 Å². The highest BCUT2D eigenvalue weighted by molar-refractivity contribution is 5.72. The molecule has 0 unspecified atom stereocenters. The zero-order valence-corrected chi connectivity index (χ0v) is 11.8. The molecule has 0 aliphatic carbocycles. The molecule has 0 saturated carbocycles. The first-order valence-electron chi connectivity index (χ1n) is 6.93. The van der Waals surface area contributed by atoms with Crippen molar-refractivity contribution in [2.45, 2.75) is 19.4 Å². The molecule has 0 radical (unpaired) electrons. The van der Waals surface area contributed by atoms with E-state index in [0.717, 1.165) is 19.4 Å². The molecular formula is C14H17N3O4. The molecule has 1 aliphatic heterocycles. The van der Waals surface area contributed by atoms with Gasteiger partial charge in [0.2, 0.25) is 0 Å². The van der Waals surface area contributed by atoms with Gasteiger partial charge in [0.15, 0.2) is 11.6 Å². The minimum absolute atomic E-state index is 0.0693. The number of aromatic nitrogens is 2. The lowest BCUT2D eigenvalue weighted by Gasteiger charge is -2.30. The molecule has 7 nitrogen and oxygen atoms in total. The first-order valence-corrected chi connectivity index (χ1v) is 6.93. The van der Waals surface area contributed by atoms with E-state index in [4.69, 9.17) is 13.7 Å². The number of ether oxygens (including phenoxy) is 1. The van der Waals surface area contributed by atoms with Crippen LogP contribution in [0, 0.1) is 5.92 Å². The second kappa shape index (κ2) is 6.09. The van der Waals surface area contributed by atoms with Crippen molar-refractivity contribution < 1.29 is 18.5 Å². The van der Waals surface area contributed by atoms with Crippen LogP contribution in [0.25, 0.3) is 11.7 Å². The second-order valence-electron chi connectivity index (χ2n) is 5.09. The number of nitrogens with zero attached hydrogens (tertiary/aromatic N) is 3. The standard InChI is InChI=1S/C14H17N3O4/c1-19-14(18)10-4-2-6-17(8-10)9-12-15-13(21-16-12)11-5-3-7-20-11/h3,5,7,10H,2,4,6,8-9H2,1H3/t10-/m0/s1. The third kappa shape index (κ3) is 3.13. The fourth-order valence-corrected chi connectivity index (χ4v) is 2.58. The van der Waals surface area contributed by atoms with Crippen LogP contribution in [0.4, 0.5) is 0 Å². The Morgan fingerprint density at radius 2 is 2.48 bits per heavy atom. The Kier molecular flexibility index (Phi) is 4.01. The lowest BCUT2D eigenvalue weighted by atomic mass is 9.98. The van der Waals surface area contributed by atoms with E-state index in [9.17, 15) is 4.79 Å². The molecule has 112 valence electrons. The van der Waals surface area contributed by atoms with Gasteiger partial charge in [-0.1, -0.05) is 5.16 Å². The minimum atomic E-state index is -0.149. The summed E-state index contributed by atoms with van der Waals surface area (Å²) in [5, 5.41) is 3.95. The average molecular weight is 291 g/mol. The van der Waals surface area contributed by atoms with Crippen LogP contribution in [0.1, 0.15) is 18.7 Å². The molecular weight excluding hydrogens is 274 g/mol. The molecule has 1 saturated heterocycles. The summed E-state index contributed by atoms with van der Waals surface area (Å²) in [4.78, 5) is 18.1. The van der Waals surface area contributed by atoms with E-state index >= 15 is 0 Å². The van der Waals surface area contributed by atoms with Crippen LogP contribution in [-0.4, -0.2) is 41.2 Å². The maximum absolute atomic E-state index is 11.6. The van der Waals surface area contributed by atoms with E-state index < -0.39 is 0 Å². The summed E-state index contributed by atoms with van der Waals surface area (Å²) >= 11 is 0. The lowest BCUT2D eigenvalue weighted by Crippen LogP contribution is -2.38. The van der Waals surface area contributed by atoms with E-state index in [2.05, 4.69) is 15.0 Å². The fourth-order valence-electron chi connectivity index (χ4n) is 2.58. The van der Waals surface area contributed by atoms with Crippen LogP contribution in [0.5, 0.6) is 0 Å². The molecule has 2 aromatic heterocycles. The minimum Gasteiger partial charge on any atom is -0.469 e. The van der Waals surface area contributed by atoms with E-state index in [0.29, 0.717) is 30.6 Å². The van der Waals surface area contributed by atoms with Crippen molar-refractivity contribution in [1.29, 1.82) is 0 Å². The number of hydrogen-bond acceptors (Lipinski definition) is 7. The first kappa shape index (κ1) is 13.8. The molecule has 0 amide bonds. The maximum Gasteiger partial charge on any atom is 0.309 e. The molecule has 1 fully saturated rings. The summed E-state index contributed by atoms with van der Waals surface area (Å²) in [6.45, 7) is 2.13. The number of methoxy groups -OCH3 is 1. The van der Waals surface area contributed by atoms with Crippen LogP contribution in [0.15, 0.2) is 27.3 Å². The summed E-state index contributed by atoms with van der Waals surface area (Å²) < 4.78 is 15.2. The number of esters is 1. The third-order valence-corrected chi connectivity index (χ3v) is 3.61. The Hall–Kier alpha value is -2.15. The van der Waals surface area contributed by atoms with E-state index in [-0.39, 0.29) is 11.9 Å². The van der Waals surface area contributed by atoms with Crippen molar-refractivity contribution >= 4 is 5.97 Å². The molecule has 0 spiro atoms. The van der Waals surface area contributed by atoms with Gasteiger partial charge in [-0.3, -0.25) is 9.69 Å². The molecule has 3 heterocycles. The summed E-state index contributed by atoms with van der Waals surface area (Å²) in [5.41, 5.74) is 0. The molecule has 0 bridgehead atoms. The number of furan rings is 1. The van der Waals surface area contributed by atoms with Crippen LogP contribution in [0.2, 0.25) is 0 Å². The largest absolute Gasteiger partial charge is 0.469 e. The lowest BCUT2D eigenvalue weighted by molar-refractivity contribution is -0.147. The fraction of sp³-hybridized carbons (Fsp3) is 0.500. The van der Waals surface area contributed by atoms with Gasteiger partial charge in [-0.15, -0.1) is 0 Å². The Balaban J connectivity index is 1.62. The molecule has 0 N–H and O–H groups in total. The molecule has 21 heavy (non-hydrogen) atoms. The summed E-state index contributed by atoms with van der Waals surface area (Å²) in [6, 6.07) is 3.54. The topological polar surface area (TPSA) is 81.6 Å². The van der Waals surface area contributed by atoms with Gasteiger partial charge in [0.05, 0.1) is 25.8 Å². The van der Waals surface area contributed by atoms with Crippen LogP contribution in [-0.2, 0) is 16.1 Å². The number of likely N-dealkylation sites (tertiary alicyclic amines) is 1. The predicted octanol–water partition coefficient (Wildman–Crippen LogP) is 1.71. The Bertz CT molecular complexity index is 593. The molecule has 3 rings (SSSR count). The zero-order valence-electron chi connectivity index (χ0n) is 11.8. The van der Waals surface area contributed by atoms with E-state index in [1.54, 1.807) is 18.4 Å². The quantitative estimate of drug-likeness (QED) is 0.793. The Labute approximate surface area is 121 Å². The maximum atomic E-state index is 11.6. The van der Waals surface area contributed by atoms with Gasteiger partial charge in [0, 0.05) is 6.54 Å². The second-order valence-corrected chi connectivity index (χ2v) is 5.09. The van der Waals surface area contributed by atoms with Crippen molar-refractivity contribution in [3.8, 4) is 11.7 Å². The highest BCUT2D eigenvalue weighted by Gasteiger charge is 2.27. The predicted molar refractivity (Wildman–Crippen MR) is 72.0 cm³/mol. The Morgan fingerprint density at radius 3 is 3.24 bits per heavy atom. The molecule has 7 heteroatoms. The van der Waals surface area contributed by atoms with Gasteiger partial charge >= 0.3 is 5.97 Å². The monoisotopic (exact) mass is 291 g/mol. The van der Waals surface area contributed by atoms with Gasteiger partial charge < -0.3 is 13.7 Å². The van der Waals surface area contributed by atoms with Crippen LogP contribution in [0.3, 0.4) is 0 Å². The number of hydrogen-bond donors (Lipinski definition) is 0. The normalized spacial score (nSPS) is 19.6. The van der Waals surface area contributed by atoms with Crippen LogP contribution >= 0.6 is 0 Å². The average Bonchev–Trinajstić information content (AvgIpc) is 3.17. The number of carbonyl (C=O) groups is 1. The van der Waals surface area contributed by atoms with Crippen molar-refractivity contribution in [1.82, 2.24) is 15.0 Å². The van der Waals surface area contributed by atoms with Gasteiger partial charge in [-0.2, -0.15) is 4.98 Å². The first-order chi connectivity index (χ1) is 10.3. The number of rotatable bonds is 4. The smallest absolute Gasteiger partial charge is 0.309 e. The molecule has 1 aliphatic rings. The number of piperidine rings is 1.